The summed E-state index contributed by atoms with van der Waals surface area (Å²) in [6.07, 6.45) is 1.95. The summed E-state index contributed by atoms with van der Waals surface area (Å²) in [6, 6.07) is 17.3. The smallest absolute Gasteiger partial charge is 0.346 e. The van der Waals surface area contributed by atoms with Crippen molar-refractivity contribution in [2.75, 3.05) is 11.6 Å². The maximum absolute atomic E-state index is 11.5. The molecule has 8 heteroatoms. The van der Waals surface area contributed by atoms with Gasteiger partial charge in [0, 0.05) is 16.6 Å². The molecule has 0 fully saturated rings. The van der Waals surface area contributed by atoms with Gasteiger partial charge in [-0.15, -0.1) is 34.4 Å². The maximum Gasteiger partial charge on any atom is 0.346 e. The summed E-state index contributed by atoms with van der Waals surface area (Å²) in [5.74, 6) is 0.649. The highest BCUT2D eigenvalue weighted by Crippen LogP contribution is 2.42. The predicted molar refractivity (Wildman–Crippen MR) is 125 cm³/mol. The van der Waals surface area contributed by atoms with Crippen molar-refractivity contribution in [3.05, 3.63) is 70.4 Å². The van der Waals surface area contributed by atoms with Gasteiger partial charge >= 0.3 is 5.97 Å². The Balaban J connectivity index is 1.51. The Morgan fingerprint density at radius 3 is 2.47 bits per heavy atom. The lowest BCUT2D eigenvalue weighted by Gasteiger charge is -2.07. The van der Waals surface area contributed by atoms with Crippen molar-refractivity contribution >= 4 is 51.2 Å². The van der Waals surface area contributed by atoms with Crippen molar-refractivity contribution < 1.29 is 14.6 Å². The minimum Gasteiger partial charge on any atom is -0.477 e. The number of aromatic nitrogens is 1. The monoisotopic (exact) mass is 454 g/mol. The lowest BCUT2D eigenvalue weighted by molar-refractivity contribution is 0.0701. The molecule has 152 valence electrons. The topological polar surface area (TPSA) is 71.5 Å². The van der Waals surface area contributed by atoms with E-state index < -0.39 is 5.97 Å². The van der Waals surface area contributed by atoms with E-state index in [0.29, 0.717) is 4.88 Å². The molecule has 2 aromatic heterocycles. The number of hydrogen-bond donors (Lipinski definition) is 2. The van der Waals surface area contributed by atoms with Crippen LogP contribution in [0.25, 0.3) is 11.3 Å². The second-order valence-electron chi connectivity index (χ2n) is 6.33. The number of anilines is 2. The van der Waals surface area contributed by atoms with Crippen LogP contribution in [-0.4, -0.2) is 22.3 Å². The number of thiazole rings is 1. The van der Waals surface area contributed by atoms with Gasteiger partial charge in [-0.05, 0) is 55.1 Å². The van der Waals surface area contributed by atoms with Crippen molar-refractivity contribution in [1.29, 1.82) is 0 Å². The second-order valence-corrected chi connectivity index (χ2v) is 9.28. The number of thiophene rings is 1. The number of rotatable bonds is 7. The molecular formula is C22H18N2O3S3. The summed E-state index contributed by atoms with van der Waals surface area (Å²) in [5, 5.41) is 15.4. The van der Waals surface area contributed by atoms with E-state index in [1.54, 1.807) is 11.8 Å². The number of carboxylic acid groups (broad SMARTS) is 1. The Morgan fingerprint density at radius 1 is 1.10 bits per heavy atom. The molecule has 0 bridgehead atoms. The molecule has 2 N–H and O–H groups in total. The number of thioether (sulfide) groups is 1. The van der Waals surface area contributed by atoms with E-state index in [2.05, 4.69) is 10.3 Å². The Kier molecular flexibility index (Phi) is 6.08. The lowest BCUT2D eigenvalue weighted by Crippen LogP contribution is -1.95. The number of ether oxygens (including phenoxy) is 1. The zero-order valence-electron chi connectivity index (χ0n) is 16.2. The summed E-state index contributed by atoms with van der Waals surface area (Å²) in [5.41, 5.74) is 3.35. The number of benzene rings is 2. The van der Waals surface area contributed by atoms with Gasteiger partial charge in [-0.2, -0.15) is 0 Å². The van der Waals surface area contributed by atoms with E-state index in [1.165, 1.54) is 22.7 Å². The molecule has 4 rings (SSSR count). The molecule has 2 heterocycles. The molecule has 0 unspecified atom stereocenters. The molecule has 0 saturated heterocycles. The van der Waals surface area contributed by atoms with Crippen LogP contribution < -0.4 is 10.1 Å². The molecule has 30 heavy (non-hydrogen) atoms. The molecule has 0 amide bonds. The summed E-state index contributed by atoms with van der Waals surface area (Å²) < 4.78 is 6.78. The van der Waals surface area contributed by atoms with Crippen molar-refractivity contribution in [2.45, 2.75) is 11.1 Å². The summed E-state index contributed by atoms with van der Waals surface area (Å²) in [7, 11) is 0. The molecule has 0 saturated carbocycles. The Bertz CT molecular complexity index is 1170. The lowest BCUT2D eigenvalue weighted by atomic mass is 10.1. The van der Waals surface area contributed by atoms with E-state index in [-0.39, 0.29) is 0 Å². The van der Waals surface area contributed by atoms with Crippen LogP contribution >= 0.6 is 34.4 Å². The summed E-state index contributed by atoms with van der Waals surface area (Å²) in [6.45, 7) is 1.84. The molecule has 0 aliphatic rings. The fourth-order valence-corrected chi connectivity index (χ4v) is 5.59. The SMILES string of the molecule is CSc1sc(C(=O)O)c(C)c1-c1csc(Nc2ccc(Oc3ccccc3)cc2)n1. The zero-order chi connectivity index (χ0) is 21.1. The van der Waals surface area contributed by atoms with Gasteiger partial charge in [0.25, 0.3) is 0 Å². The van der Waals surface area contributed by atoms with Crippen LogP contribution in [0.2, 0.25) is 0 Å². The molecule has 2 aromatic carbocycles. The number of carboxylic acids is 1. The van der Waals surface area contributed by atoms with Gasteiger partial charge in [0.15, 0.2) is 5.13 Å². The number of nitrogens with one attached hydrogen (secondary N) is 1. The number of para-hydroxylation sites is 1. The van der Waals surface area contributed by atoms with Gasteiger partial charge in [-0.25, -0.2) is 9.78 Å². The maximum atomic E-state index is 11.5. The van der Waals surface area contributed by atoms with Crippen molar-refractivity contribution in [2.24, 2.45) is 0 Å². The standard InChI is InChI=1S/C22H18N2O3S3/c1-13-18(21(28-2)30-19(13)20(25)26)17-12-29-22(24-17)23-14-8-10-16(11-9-14)27-15-6-4-3-5-7-15/h3-12H,1-2H3,(H,23,24)(H,25,26). The minimum absolute atomic E-state index is 0.367. The highest BCUT2D eigenvalue weighted by Gasteiger charge is 2.22. The van der Waals surface area contributed by atoms with Crippen LogP contribution in [-0.2, 0) is 0 Å². The molecule has 0 atom stereocenters. The normalized spacial score (nSPS) is 10.7. The fraction of sp³-hybridized carbons (Fsp3) is 0.0909. The molecule has 0 aliphatic carbocycles. The first-order valence-corrected chi connectivity index (χ1v) is 11.9. The largest absolute Gasteiger partial charge is 0.477 e. The van der Waals surface area contributed by atoms with Gasteiger partial charge in [0.05, 0.1) is 9.90 Å². The van der Waals surface area contributed by atoms with Gasteiger partial charge < -0.3 is 15.2 Å². The molecule has 5 nitrogen and oxygen atoms in total. The van der Waals surface area contributed by atoms with Crippen LogP contribution in [0.1, 0.15) is 15.2 Å². The van der Waals surface area contributed by atoms with E-state index in [1.807, 2.05) is 73.2 Å². The average Bonchev–Trinajstić information content (AvgIpc) is 3.33. The Morgan fingerprint density at radius 2 is 1.80 bits per heavy atom. The van der Waals surface area contributed by atoms with E-state index >= 15 is 0 Å². The van der Waals surface area contributed by atoms with Crippen LogP contribution in [0.4, 0.5) is 10.8 Å². The molecule has 4 aromatic rings. The fourth-order valence-electron chi connectivity index (χ4n) is 2.93. The van der Waals surface area contributed by atoms with Gasteiger partial charge in [-0.1, -0.05) is 18.2 Å². The third-order valence-corrected chi connectivity index (χ3v) is 7.50. The average molecular weight is 455 g/mol. The Hall–Kier alpha value is -2.81. The highest BCUT2D eigenvalue weighted by molar-refractivity contribution is 8.00. The van der Waals surface area contributed by atoms with Gasteiger partial charge in [0.2, 0.25) is 0 Å². The third kappa shape index (κ3) is 4.35. The van der Waals surface area contributed by atoms with Gasteiger partial charge in [-0.3, -0.25) is 0 Å². The van der Waals surface area contributed by atoms with Crippen molar-refractivity contribution in [3.63, 3.8) is 0 Å². The van der Waals surface area contributed by atoms with Gasteiger partial charge in [0.1, 0.15) is 16.4 Å². The zero-order valence-corrected chi connectivity index (χ0v) is 18.7. The predicted octanol–water partition coefficient (Wildman–Crippen LogP) is 7.14. The second kappa shape index (κ2) is 8.91. The van der Waals surface area contributed by atoms with Crippen molar-refractivity contribution in [3.8, 4) is 22.8 Å². The van der Waals surface area contributed by atoms with E-state index in [9.17, 15) is 9.90 Å². The first-order chi connectivity index (χ1) is 14.5. The van der Waals surface area contributed by atoms with Crippen molar-refractivity contribution in [1.82, 2.24) is 4.98 Å². The number of hydrogen-bond acceptors (Lipinski definition) is 7. The highest BCUT2D eigenvalue weighted by atomic mass is 32.2. The van der Waals surface area contributed by atoms with E-state index in [0.717, 1.165) is 43.3 Å². The quantitative estimate of drug-likeness (QED) is 0.289. The molecule has 0 radical (unpaired) electrons. The van der Waals surface area contributed by atoms with Crippen LogP contribution in [0.5, 0.6) is 11.5 Å². The minimum atomic E-state index is -0.898. The van der Waals surface area contributed by atoms with Crippen LogP contribution in [0.3, 0.4) is 0 Å². The number of aromatic carboxylic acids is 1. The first-order valence-electron chi connectivity index (χ1n) is 9.01. The number of nitrogens with zero attached hydrogens (tertiary/aromatic N) is 1. The summed E-state index contributed by atoms with van der Waals surface area (Å²) in [4.78, 5) is 16.5. The molecule has 0 spiro atoms. The Labute approximate surface area is 186 Å². The number of carbonyl (C=O) groups is 1. The third-order valence-electron chi connectivity index (χ3n) is 4.34. The van der Waals surface area contributed by atoms with E-state index in [4.69, 9.17) is 4.74 Å². The molecule has 0 aliphatic heterocycles. The summed E-state index contributed by atoms with van der Waals surface area (Å²) >= 11 is 4.33. The van der Waals surface area contributed by atoms with Crippen LogP contribution in [0, 0.1) is 6.92 Å². The van der Waals surface area contributed by atoms with Crippen LogP contribution in [0.15, 0.2) is 64.2 Å². The first kappa shape index (κ1) is 20.5. The molecular weight excluding hydrogens is 436 g/mol.